The van der Waals surface area contributed by atoms with Crippen LogP contribution in [-0.4, -0.2) is 17.1 Å². The van der Waals surface area contributed by atoms with Crippen molar-refractivity contribution in [2.45, 2.75) is 26.2 Å². The topological polar surface area (TPSA) is 47.0 Å². The standard InChI is InChI=1S/C18H18ClN3OS/c1-10-7-8-11-14(9-10)24-17-15(11)16(21-18(19)22-17)20-12-5-3-4-6-13(12)23-2/h3-6,10H,7-9H2,1-2H3,(H,20,21,22). The summed E-state index contributed by atoms with van der Waals surface area (Å²) in [5, 5.41) is 4.78. The number of nitrogens with one attached hydrogen (secondary N) is 1. The molecule has 4 rings (SSSR count). The normalized spacial score (nSPS) is 16.9. The van der Waals surface area contributed by atoms with E-state index in [1.54, 1.807) is 18.4 Å². The SMILES string of the molecule is COc1ccccc1Nc1nc(Cl)nc2sc3c(c12)CCC(C)C3. The molecule has 0 radical (unpaired) electrons. The van der Waals surface area contributed by atoms with Crippen molar-refractivity contribution in [2.75, 3.05) is 12.4 Å². The number of aryl methyl sites for hydroxylation is 1. The van der Waals surface area contributed by atoms with Gasteiger partial charge in [0.25, 0.3) is 0 Å². The quantitative estimate of drug-likeness (QED) is 0.651. The number of hydrogen-bond acceptors (Lipinski definition) is 5. The number of ether oxygens (including phenoxy) is 1. The molecule has 0 bridgehead atoms. The Morgan fingerprint density at radius 2 is 2.12 bits per heavy atom. The third-order valence-corrected chi connectivity index (χ3v) is 5.81. The number of halogens is 1. The van der Waals surface area contributed by atoms with Crippen LogP contribution in [-0.2, 0) is 12.8 Å². The van der Waals surface area contributed by atoms with Gasteiger partial charge in [0, 0.05) is 4.88 Å². The van der Waals surface area contributed by atoms with Gasteiger partial charge in [0.1, 0.15) is 16.4 Å². The van der Waals surface area contributed by atoms with Crippen LogP contribution in [0.4, 0.5) is 11.5 Å². The van der Waals surface area contributed by atoms with Crippen molar-refractivity contribution < 1.29 is 4.74 Å². The first-order chi connectivity index (χ1) is 11.7. The molecule has 124 valence electrons. The lowest BCUT2D eigenvalue weighted by Gasteiger charge is -2.18. The molecular formula is C18H18ClN3OS. The molecule has 4 nitrogen and oxygen atoms in total. The molecule has 3 aromatic rings. The Bertz CT molecular complexity index is 909. The van der Waals surface area contributed by atoms with Gasteiger partial charge in [0.15, 0.2) is 0 Å². The van der Waals surface area contributed by atoms with E-state index < -0.39 is 0 Å². The molecule has 0 aliphatic heterocycles. The van der Waals surface area contributed by atoms with Crippen LogP contribution in [0.3, 0.4) is 0 Å². The van der Waals surface area contributed by atoms with Gasteiger partial charge in [-0.1, -0.05) is 19.1 Å². The number of thiophene rings is 1. The fourth-order valence-corrected chi connectivity index (χ4v) is 4.88. The van der Waals surface area contributed by atoms with Gasteiger partial charge >= 0.3 is 0 Å². The molecular weight excluding hydrogens is 342 g/mol. The number of rotatable bonds is 3. The van der Waals surface area contributed by atoms with Crippen LogP contribution in [0.2, 0.25) is 5.28 Å². The molecule has 1 aromatic carbocycles. The zero-order chi connectivity index (χ0) is 16.7. The van der Waals surface area contributed by atoms with Crippen molar-refractivity contribution in [3.63, 3.8) is 0 Å². The van der Waals surface area contributed by atoms with Crippen molar-refractivity contribution in [1.29, 1.82) is 0 Å². The van der Waals surface area contributed by atoms with E-state index in [0.717, 1.165) is 46.2 Å². The smallest absolute Gasteiger partial charge is 0.225 e. The molecule has 0 amide bonds. The summed E-state index contributed by atoms with van der Waals surface area (Å²) < 4.78 is 5.43. The van der Waals surface area contributed by atoms with E-state index in [1.807, 2.05) is 24.3 Å². The van der Waals surface area contributed by atoms with E-state index in [4.69, 9.17) is 16.3 Å². The lowest BCUT2D eigenvalue weighted by molar-refractivity contribution is 0.417. The van der Waals surface area contributed by atoms with E-state index in [9.17, 15) is 0 Å². The predicted molar refractivity (Wildman–Crippen MR) is 99.9 cm³/mol. The monoisotopic (exact) mass is 359 g/mol. The molecule has 2 heterocycles. The van der Waals surface area contributed by atoms with Gasteiger partial charge in [-0.15, -0.1) is 11.3 Å². The van der Waals surface area contributed by atoms with Crippen LogP contribution < -0.4 is 10.1 Å². The highest BCUT2D eigenvalue weighted by atomic mass is 35.5. The van der Waals surface area contributed by atoms with Gasteiger partial charge in [-0.05, 0) is 54.5 Å². The first-order valence-electron chi connectivity index (χ1n) is 8.03. The number of benzene rings is 1. The summed E-state index contributed by atoms with van der Waals surface area (Å²) in [6.45, 7) is 2.31. The first kappa shape index (κ1) is 15.7. The van der Waals surface area contributed by atoms with E-state index in [2.05, 4.69) is 22.2 Å². The number of hydrogen-bond donors (Lipinski definition) is 1. The molecule has 1 aliphatic carbocycles. The Kier molecular flexibility index (Phi) is 4.06. The van der Waals surface area contributed by atoms with E-state index in [1.165, 1.54) is 16.9 Å². The second kappa shape index (κ2) is 6.22. The van der Waals surface area contributed by atoms with Gasteiger partial charge in [0.2, 0.25) is 5.28 Å². The van der Waals surface area contributed by atoms with Gasteiger partial charge in [0.05, 0.1) is 18.2 Å². The fraction of sp³-hybridized carbons (Fsp3) is 0.333. The number of para-hydroxylation sites is 2. The maximum absolute atomic E-state index is 6.17. The highest BCUT2D eigenvalue weighted by molar-refractivity contribution is 7.19. The highest BCUT2D eigenvalue weighted by Crippen LogP contribution is 2.41. The number of nitrogens with zero attached hydrogens (tertiary/aromatic N) is 2. The molecule has 0 spiro atoms. The van der Waals surface area contributed by atoms with Gasteiger partial charge < -0.3 is 10.1 Å². The summed E-state index contributed by atoms with van der Waals surface area (Å²) in [5.41, 5.74) is 2.25. The maximum atomic E-state index is 6.17. The second-order valence-corrected chi connectivity index (χ2v) is 7.62. The van der Waals surface area contributed by atoms with Crippen molar-refractivity contribution in [2.24, 2.45) is 5.92 Å². The van der Waals surface area contributed by atoms with E-state index in [-0.39, 0.29) is 5.28 Å². The van der Waals surface area contributed by atoms with Gasteiger partial charge in [-0.25, -0.2) is 4.98 Å². The third-order valence-electron chi connectivity index (χ3n) is 4.49. The zero-order valence-corrected chi connectivity index (χ0v) is 15.2. The molecule has 1 unspecified atom stereocenters. The summed E-state index contributed by atoms with van der Waals surface area (Å²) in [6, 6.07) is 7.81. The number of fused-ring (bicyclic) bond motifs is 3. The van der Waals surface area contributed by atoms with Crippen molar-refractivity contribution in [3.05, 3.63) is 40.0 Å². The van der Waals surface area contributed by atoms with Gasteiger partial charge in [-0.3, -0.25) is 0 Å². The minimum absolute atomic E-state index is 0.270. The maximum Gasteiger partial charge on any atom is 0.225 e. The van der Waals surface area contributed by atoms with Crippen molar-refractivity contribution in [1.82, 2.24) is 9.97 Å². The molecule has 0 saturated heterocycles. The van der Waals surface area contributed by atoms with Crippen LogP contribution in [0.1, 0.15) is 23.8 Å². The average molecular weight is 360 g/mol. The summed E-state index contributed by atoms with van der Waals surface area (Å²) >= 11 is 7.91. The fourth-order valence-electron chi connectivity index (χ4n) is 3.28. The molecule has 1 aliphatic rings. The summed E-state index contributed by atoms with van der Waals surface area (Å²) in [4.78, 5) is 11.3. The molecule has 1 atom stereocenters. The molecule has 1 N–H and O–H groups in total. The Labute approximate surface area is 149 Å². The Morgan fingerprint density at radius 1 is 1.29 bits per heavy atom. The summed E-state index contributed by atoms with van der Waals surface area (Å²) in [5.74, 6) is 2.26. The molecule has 6 heteroatoms. The van der Waals surface area contributed by atoms with Crippen LogP contribution in [0, 0.1) is 5.92 Å². The Morgan fingerprint density at radius 3 is 2.96 bits per heavy atom. The number of methoxy groups -OCH3 is 1. The number of anilines is 2. The lowest BCUT2D eigenvalue weighted by atomic mass is 9.89. The minimum atomic E-state index is 0.270. The minimum Gasteiger partial charge on any atom is -0.495 e. The summed E-state index contributed by atoms with van der Waals surface area (Å²) in [6.07, 6.45) is 3.39. The molecule has 24 heavy (non-hydrogen) atoms. The van der Waals surface area contributed by atoms with Crippen LogP contribution in [0.15, 0.2) is 24.3 Å². The first-order valence-corrected chi connectivity index (χ1v) is 9.23. The lowest BCUT2D eigenvalue weighted by Crippen LogP contribution is -2.09. The average Bonchev–Trinajstić information content (AvgIpc) is 2.92. The van der Waals surface area contributed by atoms with E-state index in [0.29, 0.717) is 0 Å². The van der Waals surface area contributed by atoms with Gasteiger partial charge in [-0.2, -0.15) is 4.98 Å². The van der Waals surface area contributed by atoms with Crippen LogP contribution >= 0.6 is 22.9 Å². The van der Waals surface area contributed by atoms with E-state index >= 15 is 0 Å². The second-order valence-electron chi connectivity index (χ2n) is 6.20. The molecule has 0 fully saturated rings. The largest absolute Gasteiger partial charge is 0.495 e. The predicted octanol–water partition coefficient (Wildman–Crippen LogP) is 5.22. The van der Waals surface area contributed by atoms with Crippen molar-refractivity contribution >= 4 is 44.7 Å². The summed E-state index contributed by atoms with van der Waals surface area (Å²) in [7, 11) is 1.66. The highest BCUT2D eigenvalue weighted by Gasteiger charge is 2.24. The van der Waals surface area contributed by atoms with Crippen molar-refractivity contribution in [3.8, 4) is 5.75 Å². The molecule has 0 saturated carbocycles. The zero-order valence-electron chi connectivity index (χ0n) is 13.6. The third kappa shape index (κ3) is 2.72. The van der Waals surface area contributed by atoms with Crippen LogP contribution in [0.25, 0.3) is 10.2 Å². The Hall–Kier alpha value is -1.85. The number of aromatic nitrogens is 2. The molecule has 2 aromatic heterocycles. The van der Waals surface area contributed by atoms with Crippen LogP contribution in [0.5, 0.6) is 5.75 Å². The Balaban J connectivity index is 1.85.